The second kappa shape index (κ2) is 8.14. The third-order valence-electron chi connectivity index (χ3n) is 6.01. The number of hydrogen-bond donors (Lipinski definition) is 1. The van der Waals surface area contributed by atoms with Crippen LogP contribution in [-0.4, -0.2) is 52.2 Å². The number of anilines is 2. The van der Waals surface area contributed by atoms with E-state index in [1.165, 1.54) is 16.7 Å². The Bertz CT molecular complexity index is 1310. The van der Waals surface area contributed by atoms with Gasteiger partial charge >= 0.3 is 5.97 Å². The molecule has 1 saturated heterocycles. The van der Waals surface area contributed by atoms with E-state index < -0.39 is 11.9 Å². The van der Waals surface area contributed by atoms with Crippen molar-refractivity contribution in [2.24, 2.45) is 0 Å². The standard InChI is InChI=1S/C24H20N4O6/c1-34-17-8-6-16(7-9-17)28-22-18(21(25-28)24(32)33)12-13-26(23(22)31)14-2-4-15(5-3-14)27-19(29)10-11-20(27)30/h2-9H,10-13H2,1H3,(H,32,33). The Morgan fingerprint density at radius 1 is 0.882 bits per heavy atom. The van der Waals surface area contributed by atoms with Crippen LogP contribution in [-0.2, 0) is 16.0 Å². The van der Waals surface area contributed by atoms with Gasteiger partial charge in [-0.3, -0.25) is 19.3 Å². The van der Waals surface area contributed by atoms with Crippen LogP contribution in [0.1, 0.15) is 39.4 Å². The number of benzene rings is 2. The van der Waals surface area contributed by atoms with Crippen LogP contribution < -0.4 is 14.5 Å². The molecule has 1 N–H and O–H groups in total. The molecule has 2 aromatic carbocycles. The van der Waals surface area contributed by atoms with Crippen LogP contribution in [0.2, 0.25) is 0 Å². The van der Waals surface area contributed by atoms with Crippen LogP contribution in [0.4, 0.5) is 11.4 Å². The predicted octanol–water partition coefficient (Wildman–Crippen LogP) is 2.44. The highest BCUT2D eigenvalue weighted by molar-refractivity contribution is 6.20. The van der Waals surface area contributed by atoms with Crippen molar-refractivity contribution in [1.82, 2.24) is 9.78 Å². The number of imide groups is 1. The van der Waals surface area contributed by atoms with Crippen LogP contribution in [0, 0.1) is 0 Å². The third kappa shape index (κ3) is 3.40. The van der Waals surface area contributed by atoms with Gasteiger partial charge in [0.15, 0.2) is 5.69 Å². The number of methoxy groups -OCH3 is 1. The Morgan fingerprint density at radius 3 is 2.06 bits per heavy atom. The minimum absolute atomic E-state index is 0.153. The maximum atomic E-state index is 13.5. The summed E-state index contributed by atoms with van der Waals surface area (Å²) in [6.45, 7) is 0.265. The van der Waals surface area contributed by atoms with Crippen LogP contribution in [0.25, 0.3) is 5.69 Å². The molecule has 10 heteroatoms. The SMILES string of the molecule is COc1ccc(-n2nc(C(=O)O)c3c2C(=O)N(c2ccc(N4C(=O)CCC4=O)cc2)CC3)cc1. The van der Waals surface area contributed by atoms with E-state index in [9.17, 15) is 24.3 Å². The first kappa shape index (κ1) is 21.4. The van der Waals surface area contributed by atoms with Crippen molar-refractivity contribution in [3.8, 4) is 11.4 Å². The zero-order valence-corrected chi connectivity index (χ0v) is 18.2. The lowest BCUT2D eigenvalue weighted by molar-refractivity contribution is -0.121. The molecule has 0 radical (unpaired) electrons. The Morgan fingerprint density at radius 2 is 1.47 bits per heavy atom. The molecule has 0 atom stereocenters. The van der Waals surface area contributed by atoms with Crippen molar-refractivity contribution in [2.75, 3.05) is 23.5 Å². The number of amides is 3. The second-order valence-corrected chi connectivity index (χ2v) is 7.94. The Kier molecular flexibility index (Phi) is 5.12. The van der Waals surface area contributed by atoms with Gasteiger partial charge in [0, 0.05) is 30.6 Å². The summed E-state index contributed by atoms with van der Waals surface area (Å²) in [5.41, 5.74) is 1.97. The predicted molar refractivity (Wildman–Crippen MR) is 121 cm³/mol. The van der Waals surface area contributed by atoms with E-state index >= 15 is 0 Å². The molecule has 2 aliphatic heterocycles. The molecule has 0 aliphatic carbocycles. The van der Waals surface area contributed by atoms with Gasteiger partial charge in [-0.2, -0.15) is 5.10 Å². The molecule has 1 aromatic heterocycles. The van der Waals surface area contributed by atoms with Crippen molar-refractivity contribution in [1.29, 1.82) is 0 Å². The Balaban J connectivity index is 1.51. The molecular weight excluding hydrogens is 440 g/mol. The number of aromatic carboxylic acids is 1. The van der Waals surface area contributed by atoms with Gasteiger partial charge in [0.25, 0.3) is 5.91 Å². The maximum Gasteiger partial charge on any atom is 0.356 e. The van der Waals surface area contributed by atoms with Gasteiger partial charge in [0.2, 0.25) is 11.8 Å². The van der Waals surface area contributed by atoms with Gasteiger partial charge in [-0.1, -0.05) is 0 Å². The highest BCUT2D eigenvalue weighted by atomic mass is 16.5. The molecule has 0 bridgehead atoms. The minimum Gasteiger partial charge on any atom is -0.497 e. The first-order valence-electron chi connectivity index (χ1n) is 10.7. The van der Waals surface area contributed by atoms with Crippen molar-refractivity contribution in [3.63, 3.8) is 0 Å². The molecule has 0 spiro atoms. The number of carbonyl (C=O) groups is 4. The first-order valence-corrected chi connectivity index (χ1v) is 10.7. The fraction of sp³-hybridized carbons (Fsp3) is 0.208. The quantitative estimate of drug-likeness (QED) is 0.580. The molecule has 0 saturated carbocycles. The van der Waals surface area contributed by atoms with Crippen molar-refractivity contribution < 1.29 is 29.0 Å². The largest absolute Gasteiger partial charge is 0.497 e. The number of carboxylic acid groups (broad SMARTS) is 1. The summed E-state index contributed by atoms with van der Waals surface area (Å²) in [7, 11) is 1.54. The van der Waals surface area contributed by atoms with E-state index in [0.717, 1.165) is 4.90 Å². The molecule has 172 valence electrons. The number of carbonyl (C=O) groups excluding carboxylic acids is 3. The number of aromatic nitrogens is 2. The minimum atomic E-state index is -1.20. The number of carboxylic acids is 1. The lowest BCUT2D eigenvalue weighted by Gasteiger charge is -2.28. The molecule has 0 unspecified atom stereocenters. The normalized spacial score (nSPS) is 15.6. The molecule has 5 rings (SSSR count). The van der Waals surface area contributed by atoms with E-state index in [0.29, 0.717) is 34.8 Å². The lowest BCUT2D eigenvalue weighted by atomic mass is 10.0. The number of ether oxygens (including phenoxy) is 1. The number of nitrogens with zero attached hydrogens (tertiary/aromatic N) is 4. The summed E-state index contributed by atoms with van der Waals surface area (Å²) < 4.78 is 6.52. The molecule has 2 aliphatic rings. The first-order chi connectivity index (χ1) is 16.4. The molecule has 3 aromatic rings. The van der Waals surface area contributed by atoms with E-state index in [1.54, 1.807) is 48.5 Å². The Hall–Kier alpha value is -4.47. The fourth-order valence-corrected chi connectivity index (χ4v) is 4.33. The molecule has 34 heavy (non-hydrogen) atoms. The Labute approximate surface area is 193 Å². The van der Waals surface area contributed by atoms with Gasteiger partial charge in [-0.15, -0.1) is 0 Å². The summed E-state index contributed by atoms with van der Waals surface area (Å²) in [6, 6.07) is 13.4. The van der Waals surface area contributed by atoms with Gasteiger partial charge in [0.1, 0.15) is 11.4 Å². The summed E-state index contributed by atoms with van der Waals surface area (Å²) in [4.78, 5) is 52.1. The zero-order chi connectivity index (χ0) is 24.0. The molecule has 10 nitrogen and oxygen atoms in total. The van der Waals surface area contributed by atoms with Gasteiger partial charge in [0.05, 0.1) is 18.5 Å². The van der Waals surface area contributed by atoms with E-state index in [1.807, 2.05) is 0 Å². The number of hydrogen-bond acceptors (Lipinski definition) is 6. The topological polar surface area (TPSA) is 122 Å². The van der Waals surface area contributed by atoms with Crippen LogP contribution in [0.15, 0.2) is 48.5 Å². The van der Waals surface area contributed by atoms with E-state index in [2.05, 4.69) is 5.10 Å². The van der Waals surface area contributed by atoms with E-state index in [4.69, 9.17) is 4.74 Å². The smallest absolute Gasteiger partial charge is 0.356 e. The van der Waals surface area contributed by atoms with Gasteiger partial charge in [-0.25, -0.2) is 9.48 Å². The van der Waals surface area contributed by atoms with Gasteiger partial charge < -0.3 is 14.7 Å². The summed E-state index contributed by atoms with van der Waals surface area (Å²) in [6.07, 6.45) is 0.689. The van der Waals surface area contributed by atoms with Crippen LogP contribution in [0.3, 0.4) is 0 Å². The fourth-order valence-electron chi connectivity index (χ4n) is 4.33. The van der Waals surface area contributed by atoms with Gasteiger partial charge in [-0.05, 0) is 55.0 Å². The third-order valence-corrected chi connectivity index (χ3v) is 6.01. The summed E-state index contributed by atoms with van der Waals surface area (Å²) in [5, 5.41) is 13.9. The van der Waals surface area contributed by atoms with E-state index in [-0.39, 0.29) is 42.6 Å². The summed E-state index contributed by atoms with van der Waals surface area (Å²) >= 11 is 0. The number of rotatable bonds is 5. The molecule has 3 amide bonds. The monoisotopic (exact) mass is 460 g/mol. The highest BCUT2D eigenvalue weighted by Gasteiger charge is 2.35. The molecule has 3 heterocycles. The lowest BCUT2D eigenvalue weighted by Crippen LogP contribution is -2.39. The second-order valence-electron chi connectivity index (χ2n) is 7.94. The zero-order valence-electron chi connectivity index (χ0n) is 18.2. The van der Waals surface area contributed by atoms with Crippen molar-refractivity contribution in [2.45, 2.75) is 19.3 Å². The summed E-state index contributed by atoms with van der Waals surface area (Å²) in [5.74, 6) is -1.47. The van der Waals surface area contributed by atoms with Crippen molar-refractivity contribution >= 4 is 35.1 Å². The molecule has 1 fully saturated rings. The maximum absolute atomic E-state index is 13.5. The number of fused-ring (bicyclic) bond motifs is 1. The highest BCUT2D eigenvalue weighted by Crippen LogP contribution is 2.31. The van der Waals surface area contributed by atoms with Crippen molar-refractivity contribution in [3.05, 3.63) is 65.5 Å². The average molecular weight is 460 g/mol. The molecular formula is C24H20N4O6. The average Bonchev–Trinajstić information content (AvgIpc) is 3.40. The van der Waals surface area contributed by atoms with Crippen LogP contribution >= 0.6 is 0 Å². The van der Waals surface area contributed by atoms with Crippen LogP contribution in [0.5, 0.6) is 5.75 Å².